The number of amides is 2. The number of carbonyl (C=O) groups excluding carboxylic acids is 1. The fourth-order valence-electron chi connectivity index (χ4n) is 2.61. The van der Waals surface area contributed by atoms with E-state index in [2.05, 4.69) is 15.5 Å². The topological polar surface area (TPSA) is 99.0 Å². The highest BCUT2D eigenvalue weighted by molar-refractivity contribution is 5.91. The number of nitrogens with zero attached hydrogens (tertiary/aromatic N) is 3. The second-order valence-corrected chi connectivity index (χ2v) is 6.51. The van der Waals surface area contributed by atoms with Crippen molar-refractivity contribution in [3.05, 3.63) is 60.0 Å². The Bertz CT molecular complexity index is 1010. The van der Waals surface area contributed by atoms with Crippen molar-refractivity contribution < 1.29 is 27.9 Å². The smallest absolute Gasteiger partial charge is 0.321 e. The Morgan fingerprint density at radius 1 is 1.13 bits per heavy atom. The van der Waals surface area contributed by atoms with Gasteiger partial charge in [0.15, 0.2) is 12.4 Å². The Kier molecular flexibility index (Phi) is 7.26. The summed E-state index contributed by atoms with van der Waals surface area (Å²) in [5.41, 5.74) is 0.528. The first-order valence-corrected chi connectivity index (χ1v) is 9.42. The van der Waals surface area contributed by atoms with Crippen molar-refractivity contribution in [2.75, 3.05) is 33.1 Å². The normalized spacial score (nSPS) is 10.5. The summed E-state index contributed by atoms with van der Waals surface area (Å²) < 4.78 is 34.0. The summed E-state index contributed by atoms with van der Waals surface area (Å²) in [6, 6.07) is 10.4. The summed E-state index contributed by atoms with van der Waals surface area (Å²) in [5.74, 6) is 2.00. The number of benzene rings is 2. The maximum Gasteiger partial charge on any atom is 0.321 e. The third-order valence-electron chi connectivity index (χ3n) is 4.35. The number of halogens is 1. The second-order valence-electron chi connectivity index (χ2n) is 6.51. The minimum absolute atomic E-state index is 0.0617. The average molecular weight is 430 g/mol. The number of hydrogen-bond acceptors (Lipinski definition) is 7. The van der Waals surface area contributed by atoms with Crippen LogP contribution in [0.2, 0.25) is 0 Å². The highest BCUT2D eigenvalue weighted by Crippen LogP contribution is 2.29. The summed E-state index contributed by atoms with van der Waals surface area (Å²) >= 11 is 0. The first kappa shape index (κ1) is 21.9. The molecule has 1 heterocycles. The molecular formula is C21H23FN4O5. The molecule has 164 valence electrons. The van der Waals surface area contributed by atoms with Gasteiger partial charge in [-0.3, -0.25) is 0 Å². The van der Waals surface area contributed by atoms with Crippen LogP contribution in [0.3, 0.4) is 0 Å². The van der Waals surface area contributed by atoms with Crippen molar-refractivity contribution in [2.45, 2.75) is 13.0 Å². The van der Waals surface area contributed by atoms with Gasteiger partial charge < -0.3 is 29.0 Å². The molecule has 1 aromatic heterocycles. The van der Waals surface area contributed by atoms with Crippen molar-refractivity contribution in [3.8, 4) is 17.2 Å². The number of urea groups is 1. The molecule has 3 aromatic rings. The van der Waals surface area contributed by atoms with E-state index in [1.165, 1.54) is 36.3 Å². The van der Waals surface area contributed by atoms with Crippen molar-refractivity contribution in [3.63, 3.8) is 0 Å². The van der Waals surface area contributed by atoms with Crippen LogP contribution in [0, 0.1) is 5.82 Å². The van der Waals surface area contributed by atoms with E-state index in [4.69, 9.17) is 18.7 Å². The lowest BCUT2D eigenvalue weighted by molar-refractivity contribution is 0.222. The molecule has 1 N–H and O–H groups in total. The lowest BCUT2D eigenvalue weighted by atomic mass is 10.2. The third-order valence-corrected chi connectivity index (χ3v) is 4.35. The van der Waals surface area contributed by atoms with E-state index in [1.807, 2.05) is 0 Å². The van der Waals surface area contributed by atoms with Crippen LogP contribution in [-0.4, -0.2) is 48.9 Å². The minimum atomic E-state index is -0.342. The van der Waals surface area contributed by atoms with Crippen LogP contribution in [0.1, 0.15) is 11.7 Å². The van der Waals surface area contributed by atoms with E-state index < -0.39 is 0 Å². The number of nitrogens with one attached hydrogen (secondary N) is 1. The number of aromatic nitrogens is 2. The van der Waals surface area contributed by atoms with Crippen LogP contribution >= 0.6 is 0 Å². The monoisotopic (exact) mass is 430 g/mol. The molecule has 0 saturated carbocycles. The summed E-state index contributed by atoms with van der Waals surface area (Å²) in [6.07, 6.45) is 0.393. The van der Waals surface area contributed by atoms with Crippen LogP contribution in [0.25, 0.3) is 0 Å². The molecule has 0 unspecified atom stereocenters. The highest BCUT2D eigenvalue weighted by atomic mass is 19.1. The number of carbonyl (C=O) groups is 1. The van der Waals surface area contributed by atoms with E-state index >= 15 is 0 Å². The predicted octanol–water partition coefficient (Wildman–Crippen LogP) is 3.51. The van der Waals surface area contributed by atoms with E-state index in [9.17, 15) is 9.18 Å². The minimum Gasteiger partial charge on any atom is -0.497 e. The maximum atomic E-state index is 12.9. The Morgan fingerprint density at radius 2 is 1.87 bits per heavy atom. The molecule has 0 atom stereocenters. The SMILES string of the molecule is COc1ccc(NC(=O)N(C)CCc2noc(COc3ccc(F)cc3)n2)c(OC)c1. The van der Waals surface area contributed by atoms with E-state index in [1.54, 1.807) is 32.4 Å². The van der Waals surface area contributed by atoms with Gasteiger partial charge in [0.25, 0.3) is 5.89 Å². The molecule has 0 saturated heterocycles. The van der Waals surface area contributed by atoms with Crippen molar-refractivity contribution >= 4 is 11.7 Å². The molecule has 9 nitrogen and oxygen atoms in total. The maximum absolute atomic E-state index is 12.9. The number of rotatable bonds is 9. The van der Waals surface area contributed by atoms with Gasteiger partial charge in [0.05, 0.1) is 19.9 Å². The van der Waals surface area contributed by atoms with Crippen molar-refractivity contribution in [1.29, 1.82) is 0 Å². The Hall–Kier alpha value is -3.82. The lowest BCUT2D eigenvalue weighted by Crippen LogP contribution is -2.33. The molecule has 0 spiro atoms. The summed E-state index contributed by atoms with van der Waals surface area (Å²) in [7, 11) is 4.73. The number of methoxy groups -OCH3 is 2. The van der Waals surface area contributed by atoms with Gasteiger partial charge >= 0.3 is 6.03 Å². The summed E-state index contributed by atoms with van der Waals surface area (Å²) in [5, 5.41) is 6.68. The lowest BCUT2D eigenvalue weighted by Gasteiger charge is -2.18. The van der Waals surface area contributed by atoms with Crippen molar-refractivity contribution in [2.24, 2.45) is 0 Å². The fraction of sp³-hybridized carbons (Fsp3) is 0.286. The number of ether oxygens (including phenoxy) is 3. The summed E-state index contributed by atoms with van der Waals surface area (Å²) in [4.78, 5) is 18.2. The molecule has 0 bridgehead atoms. The molecule has 0 aliphatic rings. The number of likely N-dealkylation sites (N-methyl/N-ethyl adjacent to an activating group) is 1. The molecule has 0 aliphatic carbocycles. The standard InChI is InChI=1S/C21H23FN4O5/c1-26(21(27)23-17-9-8-16(28-2)12-18(17)29-3)11-10-19-24-20(31-25-19)13-30-15-6-4-14(22)5-7-15/h4-9,12H,10-11,13H2,1-3H3,(H,23,27). The molecule has 3 rings (SSSR count). The predicted molar refractivity (Wildman–Crippen MR) is 110 cm³/mol. The highest BCUT2D eigenvalue weighted by Gasteiger charge is 2.14. The molecule has 10 heteroatoms. The van der Waals surface area contributed by atoms with E-state index in [-0.39, 0.29) is 24.3 Å². The van der Waals surface area contributed by atoms with E-state index in [0.717, 1.165) is 0 Å². The Labute approximate surface area is 178 Å². The molecular weight excluding hydrogens is 407 g/mol. The molecule has 0 radical (unpaired) electrons. The largest absolute Gasteiger partial charge is 0.497 e. The fourth-order valence-corrected chi connectivity index (χ4v) is 2.61. The first-order valence-electron chi connectivity index (χ1n) is 9.42. The Morgan fingerprint density at radius 3 is 2.58 bits per heavy atom. The molecule has 0 aliphatic heterocycles. The van der Waals surface area contributed by atoms with Gasteiger partial charge in [-0.2, -0.15) is 4.98 Å². The van der Waals surface area contributed by atoms with Crippen LogP contribution in [-0.2, 0) is 13.0 Å². The van der Waals surface area contributed by atoms with Gasteiger partial charge in [-0.25, -0.2) is 9.18 Å². The zero-order valence-corrected chi connectivity index (χ0v) is 17.4. The van der Waals surface area contributed by atoms with Crippen LogP contribution in [0.4, 0.5) is 14.9 Å². The zero-order valence-electron chi connectivity index (χ0n) is 17.4. The molecule has 2 amide bonds. The van der Waals surface area contributed by atoms with Gasteiger partial charge in [-0.05, 0) is 36.4 Å². The number of hydrogen-bond donors (Lipinski definition) is 1. The average Bonchev–Trinajstić information content (AvgIpc) is 3.25. The van der Waals surface area contributed by atoms with Gasteiger partial charge in [0, 0.05) is 26.1 Å². The molecule has 0 fully saturated rings. The van der Waals surface area contributed by atoms with Gasteiger partial charge in [0.1, 0.15) is 23.1 Å². The molecule has 31 heavy (non-hydrogen) atoms. The van der Waals surface area contributed by atoms with Gasteiger partial charge in [0.2, 0.25) is 0 Å². The number of anilines is 1. The third kappa shape index (κ3) is 6.08. The second kappa shape index (κ2) is 10.3. The van der Waals surface area contributed by atoms with Crippen LogP contribution in [0.5, 0.6) is 17.2 Å². The zero-order chi connectivity index (χ0) is 22.2. The quantitative estimate of drug-likeness (QED) is 0.555. The first-order chi connectivity index (χ1) is 15.0. The summed E-state index contributed by atoms with van der Waals surface area (Å²) in [6.45, 7) is 0.425. The van der Waals surface area contributed by atoms with E-state index in [0.29, 0.717) is 41.7 Å². The van der Waals surface area contributed by atoms with Crippen molar-refractivity contribution in [1.82, 2.24) is 15.0 Å². The molecule has 2 aromatic carbocycles. The van der Waals surface area contributed by atoms with Crippen LogP contribution in [0.15, 0.2) is 47.0 Å². The van der Waals surface area contributed by atoms with Crippen LogP contribution < -0.4 is 19.5 Å². The van der Waals surface area contributed by atoms with Gasteiger partial charge in [-0.15, -0.1) is 0 Å². The van der Waals surface area contributed by atoms with Gasteiger partial charge in [-0.1, -0.05) is 5.16 Å². The Balaban J connectivity index is 1.48.